The van der Waals surface area contributed by atoms with Gasteiger partial charge in [-0.1, -0.05) is 18.2 Å². The number of para-hydroxylation sites is 1. The molecule has 0 bridgehead atoms. The minimum atomic E-state index is -0.389. The molecule has 3 heterocycles. The van der Waals surface area contributed by atoms with Crippen LogP contribution in [0.5, 0.6) is 0 Å². The van der Waals surface area contributed by atoms with Crippen molar-refractivity contribution in [1.82, 2.24) is 9.38 Å². The Labute approximate surface area is 169 Å². The summed E-state index contributed by atoms with van der Waals surface area (Å²) >= 11 is 1.32. The van der Waals surface area contributed by atoms with Gasteiger partial charge in [0.1, 0.15) is 11.6 Å². The van der Waals surface area contributed by atoms with Gasteiger partial charge in [-0.2, -0.15) is 4.98 Å². The van der Waals surface area contributed by atoms with Crippen molar-refractivity contribution in [3.63, 3.8) is 0 Å². The lowest BCUT2D eigenvalue weighted by Gasteiger charge is -2.09. The third-order valence-corrected chi connectivity index (χ3v) is 5.78. The zero-order valence-electron chi connectivity index (χ0n) is 15.4. The van der Waals surface area contributed by atoms with Crippen molar-refractivity contribution in [1.29, 1.82) is 0 Å². The van der Waals surface area contributed by atoms with E-state index in [4.69, 9.17) is 5.73 Å². The zero-order valence-corrected chi connectivity index (χ0v) is 16.2. The molecule has 0 aliphatic carbocycles. The average Bonchev–Trinajstić information content (AvgIpc) is 3.26. The van der Waals surface area contributed by atoms with Crippen LogP contribution < -0.4 is 11.3 Å². The molecule has 1 aliphatic heterocycles. The number of rotatable bonds is 2. The van der Waals surface area contributed by atoms with Gasteiger partial charge in [-0.15, -0.1) is 11.3 Å². The van der Waals surface area contributed by atoms with Crippen LogP contribution in [-0.4, -0.2) is 15.1 Å². The molecule has 0 radical (unpaired) electrons. The van der Waals surface area contributed by atoms with E-state index in [1.54, 1.807) is 22.6 Å². The molecule has 7 heteroatoms. The predicted octanol–water partition coefficient (Wildman–Crippen LogP) is 4.79. The normalized spacial score (nSPS) is 14.4. The summed E-state index contributed by atoms with van der Waals surface area (Å²) in [5, 5.41) is 1.86. The van der Waals surface area contributed by atoms with Crippen molar-refractivity contribution in [2.45, 2.75) is 6.92 Å². The van der Waals surface area contributed by atoms with Crippen LogP contribution in [0.4, 0.5) is 15.9 Å². The van der Waals surface area contributed by atoms with Crippen LogP contribution in [0.25, 0.3) is 27.9 Å². The zero-order chi connectivity index (χ0) is 20.1. The van der Waals surface area contributed by atoms with E-state index in [0.717, 1.165) is 33.8 Å². The Morgan fingerprint density at radius 3 is 2.69 bits per heavy atom. The Hall–Kier alpha value is -3.58. The molecule has 0 saturated carbocycles. The quantitative estimate of drug-likeness (QED) is 0.524. The Kier molecular flexibility index (Phi) is 3.92. The number of thiazole rings is 1. The molecule has 0 atom stereocenters. The Morgan fingerprint density at radius 1 is 1.14 bits per heavy atom. The van der Waals surface area contributed by atoms with Crippen LogP contribution in [0.2, 0.25) is 0 Å². The fourth-order valence-corrected chi connectivity index (χ4v) is 4.41. The van der Waals surface area contributed by atoms with Crippen molar-refractivity contribution in [3.8, 4) is 11.3 Å². The van der Waals surface area contributed by atoms with E-state index >= 15 is 0 Å². The molecule has 2 N–H and O–H groups in total. The maximum atomic E-state index is 13.3. The molecular weight excluding hydrogens is 387 g/mol. The lowest BCUT2D eigenvalue weighted by atomic mass is 10.0. The summed E-state index contributed by atoms with van der Waals surface area (Å²) < 4.78 is 15.1. The van der Waals surface area contributed by atoms with Crippen molar-refractivity contribution >= 4 is 45.2 Å². The fourth-order valence-electron chi connectivity index (χ4n) is 3.52. The molecule has 0 saturated heterocycles. The van der Waals surface area contributed by atoms with Gasteiger partial charge in [0.05, 0.1) is 16.9 Å². The van der Waals surface area contributed by atoms with Crippen LogP contribution in [0.1, 0.15) is 18.1 Å². The van der Waals surface area contributed by atoms with Gasteiger partial charge >= 0.3 is 0 Å². The van der Waals surface area contributed by atoms with Gasteiger partial charge in [-0.05, 0) is 48.9 Å². The van der Waals surface area contributed by atoms with E-state index in [1.807, 2.05) is 36.6 Å². The van der Waals surface area contributed by atoms with Crippen LogP contribution in [0.3, 0.4) is 0 Å². The molecule has 1 aliphatic rings. The molecule has 5 rings (SSSR count). The number of fused-ring (bicyclic) bond motifs is 2. The molecule has 2 aromatic heterocycles. The van der Waals surface area contributed by atoms with Crippen LogP contribution in [-0.2, 0) is 0 Å². The van der Waals surface area contributed by atoms with Gasteiger partial charge in [0.25, 0.3) is 5.56 Å². The third-order valence-electron chi connectivity index (χ3n) is 4.95. The Bertz CT molecular complexity index is 1400. The van der Waals surface area contributed by atoms with Gasteiger partial charge in [0.15, 0.2) is 4.96 Å². The summed E-state index contributed by atoms with van der Waals surface area (Å²) in [4.78, 5) is 22.0. The lowest BCUT2D eigenvalue weighted by Crippen LogP contribution is -2.16. The monoisotopic (exact) mass is 402 g/mol. The molecule has 4 aromatic rings. The van der Waals surface area contributed by atoms with E-state index < -0.39 is 0 Å². The van der Waals surface area contributed by atoms with Crippen LogP contribution in [0.15, 0.2) is 63.7 Å². The van der Waals surface area contributed by atoms with Gasteiger partial charge in [-0.25, -0.2) is 4.39 Å². The predicted molar refractivity (Wildman–Crippen MR) is 116 cm³/mol. The number of nitrogens with two attached hydrogens (primary N) is 1. The minimum Gasteiger partial charge on any atom is -0.384 e. The number of hydrogen-bond acceptors (Lipinski definition) is 5. The highest BCUT2D eigenvalue weighted by atomic mass is 32.1. The summed E-state index contributed by atoms with van der Waals surface area (Å²) in [6, 6.07) is 13.9. The molecular formula is C22H15FN4OS. The Morgan fingerprint density at radius 2 is 1.90 bits per heavy atom. The number of halogens is 1. The second-order valence-corrected chi connectivity index (χ2v) is 7.57. The number of benzene rings is 2. The number of hydrogen-bond donors (Lipinski definition) is 1. The number of aliphatic imine (C=N–C) groups is 1. The van der Waals surface area contributed by atoms with Crippen LogP contribution >= 0.6 is 11.3 Å². The Balaban J connectivity index is 1.74. The van der Waals surface area contributed by atoms with Gasteiger partial charge in [0.2, 0.25) is 0 Å². The molecule has 29 heavy (non-hydrogen) atoms. The smallest absolute Gasteiger partial charge is 0.283 e. The van der Waals surface area contributed by atoms with Crippen molar-refractivity contribution < 1.29 is 4.39 Å². The van der Waals surface area contributed by atoms with Crippen molar-refractivity contribution in [3.05, 3.63) is 81.2 Å². The molecule has 2 aromatic carbocycles. The molecule has 5 nitrogen and oxygen atoms in total. The first-order chi connectivity index (χ1) is 14.0. The first-order valence-electron chi connectivity index (χ1n) is 8.95. The summed E-state index contributed by atoms with van der Waals surface area (Å²) in [6.45, 7) is 1.90. The standard InChI is InChI=1S/C22H15FN4OS/c1-12-16(15-4-2-3-5-18(15)25-12)10-17-20(24)27-19(11-29-22(27)26-21(17)28)13-6-8-14(23)9-7-13/h2-11H,24H2,1H3/b16-10-. The third kappa shape index (κ3) is 2.78. The molecule has 0 amide bonds. The van der Waals surface area contributed by atoms with Crippen molar-refractivity contribution in [2.75, 3.05) is 5.73 Å². The molecule has 0 spiro atoms. The largest absolute Gasteiger partial charge is 0.384 e. The first kappa shape index (κ1) is 17.5. The topological polar surface area (TPSA) is 72.8 Å². The minimum absolute atomic E-state index is 0.297. The number of allylic oxidation sites excluding steroid dienone is 1. The molecule has 142 valence electrons. The van der Waals surface area contributed by atoms with Gasteiger partial charge < -0.3 is 5.73 Å². The summed E-state index contributed by atoms with van der Waals surface area (Å²) in [7, 11) is 0. The first-order valence-corrected chi connectivity index (χ1v) is 9.83. The lowest BCUT2D eigenvalue weighted by molar-refractivity contribution is 0.628. The second-order valence-electron chi connectivity index (χ2n) is 6.73. The highest BCUT2D eigenvalue weighted by molar-refractivity contribution is 7.15. The fraction of sp³-hybridized carbons (Fsp3) is 0.0455. The summed E-state index contributed by atoms with van der Waals surface area (Å²) in [5.41, 5.74) is 11.4. The maximum absolute atomic E-state index is 13.3. The number of nitrogen functional groups attached to an aromatic ring is 1. The molecule has 0 unspecified atom stereocenters. The highest BCUT2D eigenvalue weighted by Gasteiger charge is 2.20. The van der Waals surface area contributed by atoms with Gasteiger partial charge in [0, 0.05) is 22.2 Å². The average molecular weight is 402 g/mol. The summed E-state index contributed by atoms with van der Waals surface area (Å²) in [6.07, 6.45) is 1.76. The summed E-state index contributed by atoms with van der Waals surface area (Å²) in [5.74, 6) is -0.0171. The van der Waals surface area contributed by atoms with Gasteiger partial charge in [-0.3, -0.25) is 14.2 Å². The van der Waals surface area contributed by atoms with Crippen LogP contribution in [0, 0.1) is 5.82 Å². The van der Waals surface area contributed by atoms with E-state index in [2.05, 4.69) is 9.98 Å². The van der Waals surface area contributed by atoms with E-state index in [-0.39, 0.29) is 11.4 Å². The number of nitrogens with zero attached hydrogens (tertiary/aromatic N) is 3. The van der Waals surface area contributed by atoms with Crippen molar-refractivity contribution in [2.24, 2.45) is 4.99 Å². The number of aromatic nitrogens is 2. The second kappa shape index (κ2) is 6.49. The van der Waals surface area contributed by atoms with E-state index in [9.17, 15) is 9.18 Å². The van der Waals surface area contributed by atoms with E-state index in [1.165, 1.54) is 23.5 Å². The number of anilines is 1. The maximum Gasteiger partial charge on any atom is 0.283 e. The highest BCUT2D eigenvalue weighted by Crippen LogP contribution is 2.36. The SMILES string of the molecule is CC1=Nc2ccccc2/C1=C\c1c(N)n2c(-c3ccc(F)cc3)csc2nc1=O. The molecule has 0 fully saturated rings. The van der Waals surface area contributed by atoms with E-state index in [0.29, 0.717) is 16.3 Å².